The fraction of sp³-hybridized carbons (Fsp3) is 0.188. The predicted octanol–water partition coefficient (Wildman–Crippen LogP) is 2.43. The van der Waals surface area contributed by atoms with Crippen LogP contribution in [0.15, 0.2) is 47.3 Å². The van der Waals surface area contributed by atoms with Gasteiger partial charge in [-0.25, -0.2) is 0 Å². The Morgan fingerprint density at radius 1 is 1.30 bits per heavy atom. The first-order chi connectivity index (χ1) is 11.0. The second kappa shape index (κ2) is 7.47. The largest absolute Gasteiger partial charge is 0.472 e. The van der Waals surface area contributed by atoms with Crippen molar-refractivity contribution in [3.05, 3.63) is 59.0 Å². The molecule has 0 saturated heterocycles. The number of nitrogens with zero attached hydrogens (tertiary/aromatic N) is 1. The van der Waals surface area contributed by atoms with Crippen LogP contribution in [0.5, 0.6) is 0 Å². The number of nitriles is 1. The highest BCUT2D eigenvalue weighted by Crippen LogP contribution is 2.17. The molecule has 6 nitrogen and oxygen atoms in total. The van der Waals surface area contributed by atoms with E-state index in [1.807, 2.05) is 6.07 Å². The van der Waals surface area contributed by atoms with Gasteiger partial charge in [-0.2, -0.15) is 5.26 Å². The summed E-state index contributed by atoms with van der Waals surface area (Å²) in [4.78, 5) is 24.0. The van der Waals surface area contributed by atoms with E-state index < -0.39 is 23.9 Å². The molecule has 118 valence electrons. The Morgan fingerprint density at radius 2 is 2.09 bits per heavy atom. The smallest absolute Gasteiger partial charge is 0.255 e. The molecule has 2 aromatic rings. The molecule has 0 aliphatic rings. The van der Waals surface area contributed by atoms with Gasteiger partial charge in [0.1, 0.15) is 18.3 Å². The molecule has 0 aliphatic carbocycles. The minimum Gasteiger partial charge on any atom is -0.472 e. The maximum atomic E-state index is 12.1. The maximum absolute atomic E-state index is 12.1. The number of halogens is 1. The number of benzene rings is 1. The quantitative estimate of drug-likeness (QED) is 0.879. The molecule has 2 amide bonds. The van der Waals surface area contributed by atoms with E-state index in [1.165, 1.54) is 25.5 Å². The minimum absolute atomic E-state index is 0.316. The van der Waals surface area contributed by atoms with Gasteiger partial charge in [0.2, 0.25) is 5.91 Å². The van der Waals surface area contributed by atoms with E-state index in [2.05, 4.69) is 10.6 Å². The number of nitrogens with one attached hydrogen (secondary N) is 2. The van der Waals surface area contributed by atoms with Crippen LogP contribution in [-0.4, -0.2) is 17.9 Å². The first-order valence-corrected chi connectivity index (χ1v) is 7.17. The van der Waals surface area contributed by atoms with Crippen LogP contribution < -0.4 is 10.6 Å². The van der Waals surface area contributed by atoms with Crippen molar-refractivity contribution in [2.75, 3.05) is 0 Å². The van der Waals surface area contributed by atoms with Gasteiger partial charge in [-0.15, -0.1) is 0 Å². The summed E-state index contributed by atoms with van der Waals surface area (Å²) in [5, 5.41) is 14.8. The second-order valence-electron chi connectivity index (χ2n) is 4.83. The van der Waals surface area contributed by atoms with Crippen LogP contribution in [0.25, 0.3) is 0 Å². The Kier molecular flexibility index (Phi) is 5.39. The van der Waals surface area contributed by atoms with Gasteiger partial charge >= 0.3 is 0 Å². The van der Waals surface area contributed by atoms with Gasteiger partial charge in [-0.3, -0.25) is 9.59 Å². The third-order valence-electron chi connectivity index (χ3n) is 3.12. The summed E-state index contributed by atoms with van der Waals surface area (Å²) >= 11 is 5.88. The summed E-state index contributed by atoms with van der Waals surface area (Å²) in [7, 11) is 0. The van der Waals surface area contributed by atoms with Crippen molar-refractivity contribution in [3.63, 3.8) is 0 Å². The molecule has 2 rings (SSSR count). The molecular formula is C16H14ClN3O3. The van der Waals surface area contributed by atoms with Crippen molar-refractivity contribution in [2.24, 2.45) is 0 Å². The fourth-order valence-corrected chi connectivity index (χ4v) is 2.08. The Morgan fingerprint density at radius 3 is 2.70 bits per heavy atom. The Balaban J connectivity index is 1.99. The highest BCUT2D eigenvalue weighted by atomic mass is 35.5. The highest BCUT2D eigenvalue weighted by molar-refractivity contribution is 6.30. The Labute approximate surface area is 138 Å². The molecule has 0 saturated carbocycles. The number of carbonyl (C=O) groups excluding carboxylic acids is 2. The third kappa shape index (κ3) is 4.34. The van der Waals surface area contributed by atoms with Gasteiger partial charge in [-0.05, 0) is 30.7 Å². The van der Waals surface area contributed by atoms with Crippen molar-refractivity contribution in [1.82, 2.24) is 10.6 Å². The molecule has 0 spiro atoms. The van der Waals surface area contributed by atoms with Crippen molar-refractivity contribution in [2.45, 2.75) is 19.0 Å². The number of amides is 2. The molecule has 1 heterocycles. The van der Waals surface area contributed by atoms with Crippen LogP contribution in [0, 0.1) is 11.3 Å². The van der Waals surface area contributed by atoms with E-state index in [0.717, 1.165) is 0 Å². The van der Waals surface area contributed by atoms with Crippen LogP contribution in [0.3, 0.4) is 0 Å². The molecule has 0 radical (unpaired) electrons. The summed E-state index contributed by atoms with van der Waals surface area (Å²) < 4.78 is 4.81. The minimum atomic E-state index is -0.852. The summed E-state index contributed by atoms with van der Waals surface area (Å²) in [6.45, 7) is 1.53. The first kappa shape index (κ1) is 16.6. The lowest BCUT2D eigenvalue weighted by molar-refractivity contribution is -0.123. The van der Waals surface area contributed by atoms with Crippen molar-refractivity contribution in [3.8, 4) is 6.07 Å². The lowest BCUT2D eigenvalue weighted by Gasteiger charge is -2.17. The average molecular weight is 332 g/mol. The standard InChI is InChI=1S/C16H14ClN3O3/c1-10(19-16(22)12-5-6-23-9-12)15(21)20-14(8-18)11-3-2-4-13(17)7-11/h2-7,9-10,14H,1H3,(H,19,22)(H,20,21)/t10-,14+/m0/s1. The topological polar surface area (TPSA) is 95.1 Å². The fourth-order valence-electron chi connectivity index (χ4n) is 1.88. The van der Waals surface area contributed by atoms with Gasteiger partial charge in [-0.1, -0.05) is 23.7 Å². The van der Waals surface area contributed by atoms with Gasteiger partial charge in [0, 0.05) is 5.02 Å². The van der Waals surface area contributed by atoms with Gasteiger partial charge in [0.05, 0.1) is 17.9 Å². The molecule has 0 aliphatic heterocycles. The van der Waals surface area contributed by atoms with E-state index in [1.54, 1.807) is 24.3 Å². The van der Waals surface area contributed by atoms with Crippen molar-refractivity contribution < 1.29 is 14.0 Å². The molecular weight excluding hydrogens is 318 g/mol. The number of hydrogen-bond donors (Lipinski definition) is 2. The van der Waals surface area contributed by atoms with Gasteiger partial charge in [0.15, 0.2) is 0 Å². The second-order valence-corrected chi connectivity index (χ2v) is 5.27. The van der Waals surface area contributed by atoms with E-state index in [4.69, 9.17) is 16.0 Å². The SMILES string of the molecule is C[C@H](NC(=O)c1ccoc1)C(=O)N[C@H](C#N)c1cccc(Cl)c1. The third-order valence-corrected chi connectivity index (χ3v) is 3.36. The lowest BCUT2D eigenvalue weighted by Crippen LogP contribution is -2.45. The highest BCUT2D eigenvalue weighted by Gasteiger charge is 2.21. The molecule has 0 unspecified atom stereocenters. The van der Waals surface area contributed by atoms with E-state index in [9.17, 15) is 14.9 Å². The summed E-state index contributed by atoms with van der Waals surface area (Å²) in [5.74, 6) is -0.911. The normalized spacial score (nSPS) is 12.7. The van der Waals surface area contributed by atoms with E-state index >= 15 is 0 Å². The van der Waals surface area contributed by atoms with Crippen LogP contribution in [0.2, 0.25) is 5.02 Å². The maximum Gasteiger partial charge on any atom is 0.255 e. The predicted molar refractivity (Wildman–Crippen MR) is 83.6 cm³/mol. The number of furan rings is 1. The zero-order valence-electron chi connectivity index (χ0n) is 12.2. The van der Waals surface area contributed by atoms with E-state index in [-0.39, 0.29) is 0 Å². The summed E-state index contributed by atoms with van der Waals surface area (Å²) in [6.07, 6.45) is 2.65. The van der Waals surface area contributed by atoms with Crippen LogP contribution in [-0.2, 0) is 4.79 Å². The number of rotatable bonds is 5. The zero-order valence-corrected chi connectivity index (χ0v) is 13.0. The van der Waals surface area contributed by atoms with Crippen molar-refractivity contribution >= 4 is 23.4 Å². The molecule has 23 heavy (non-hydrogen) atoms. The average Bonchev–Trinajstić information content (AvgIpc) is 3.06. The van der Waals surface area contributed by atoms with Gasteiger partial charge in [0.25, 0.3) is 5.91 Å². The molecule has 1 aromatic carbocycles. The molecule has 7 heteroatoms. The van der Waals surface area contributed by atoms with Crippen molar-refractivity contribution in [1.29, 1.82) is 5.26 Å². The molecule has 2 N–H and O–H groups in total. The first-order valence-electron chi connectivity index (χ1n) is 6.80. The van der Waals surface area contributed by atoms with E-state index in [0.29, 0.717) is 16.1 Å². The Hall–Kier alpha value is -2.78. The van der Waals surface area contributed by atoms with Gasteiger partial charge < -0.3 is 15.1 Å². The van der Waals surface area contributed by atoms with Crippen LogP contribution in [0.4, 0.5) is 0 Å². The zero-order chi connectivity index (χ0) is 16.8. The molecule has 1 aromatic heterocycles. The number of carbonyl (C=O) groups is 2. The summed E-state index contributed by atoms with van der Waals surface area (Å²) in [5.41, 5.74) is 0.887. The van der Waals surface area contributed by atoms with Crippen LogP contribution >= 0.6 is 11.6 Å². The Bertz CT molecular complexity index is 737. The molecule has 0 bridgehead atoms. The monoisotopic (exact) mass is 331 g/mol. The molecule has 0 fully saturated rings. The number of hydrogen-bond acceptors (Lipinski definition) is 4. The summed E-state index contributed by atoms with van der Waals surface area (Å²) in [6, 6.07) is 8.48. The lowest BCUT2D eigenvalue weighted by atomic mass is 10.1. The molecule has 2 atom stereocenters. The van der Waals surface area contributed by atoms with Crippen LogP contribution in [0.1, 0.15) is 28.9 Å².